The van der Waals surface area contributed by atoms with Gasteiger partial charge in [0.25, 0.3) is 10.0 Å². The van der Waals surface area contributed by atoms with Gasteiger partial charge in [-0.1, -0.05) is 22.9 Å². The average molecular weight is 368 g/mol. The molecule has 1 saturated heterocycles. The van der Waals surface area contributed by atoms with Gasteiger partial charge in [0.1, 0.15) is 4.21 Å². The average Bonchev–Trinajstić information content (AvgIpc) is 2.87. The Morgan fingerprint density at radius 2 is 2.21 bits per heavy atom. The van der Waals surface area contributed by atoms with Crippen molar-refractivity contribution in [2.75, 3.05) is 18.4 Å². The zero-order valence-electron chi connectivity index (χ0n) is 11.0. The fraction of sp³-hybridized carbons (Fsp3) is 0.667. The van der Waals surface area contributed by atoms with Crippen LogP contribution in [0.1, 0.15) is 18.7 Å². The number of morpholine rings is 1. The van der Waals surface area contributed by atoms with Gasteiger partial charge in [0, 0.05) is 23.3 Å². The van der Waals surface area contributed by atoms with E-state index in [9.17, 15) is 8.42 Å². The summed E-state index contributed by atoms with van der Waals surface area (Å²) < 4.78 is 32.8. The van der Waals surface area contributed by atoms with Crippen LogP contribution < -0.4 is 0 Å². The van der Waals surface area contributed by atoms with Crippen molar-refractivity contribution in [2.45, 2.75) is 36.7 Å². The van der Waals surface area contributed by atoms with Gasteiger partial charge in [-0.25, -0.2) is 8.42 Å². The molecule has 0 aliphatic carbocycles. The molecule has 2 atom stereocenters. The summed E-state index contributed by atoms with van der Waals surface area (Å²) in [5.74, 6) is 0. The number of nitrogens with zero attached hydrogens (tertiary/aromatic N) is 1. The number of hydrogen-bond donors (Lipinski definition) is 0. The third-order valence-corrected chi connectivity index (χ3v) is 7.30. The normalized spacial score (nSPS) is 25.6. The number of hydrogen-bond acceptors (Lipinski definition) is 4. The van der Waals surface area contributed by atoms with Crippen molar-refractivity contribution in [2.24, 2.45) is 0 Å². The van der Waals surface area contributed by atoms with E-state index in [1.54, 1.807) is 10.4 Å². The summed E-state index contributed by atoms with van der Waals surface area (Å²) in [7, 11) is -3.38. The molecule has 1 fully saturated rings. The molecule has 2 rings (SSSR count). The van der Waals surface area contributed by atoms with Crippen molar-refractivity contribution in [3.05, 3.63) is 17.0 Å². The quantitative estimate of drug-likeness (QED) is 0.768. The first-order chi connectivity index (χ1) is 8.97. The van der Waals surface area contributed by atoms with Crippen LogP contribution in [0, 0.1) is 0 Å². The van der Waals surface area contributed by atoms with E-state index in [2.05, 4.69) is 15.9 Å². The first kappa shape index (κ1) is 15.4. The summed E-state index contributed by atoms with van der Waals surface area (Å²) in [4.78, 5) is 1.09. The molecule has 0 saturated carbocycles. The molecule has 0 N–H and O–H groups in total. The highest BCUT2D eigenvalue weighted by Crippen LogP contribution is 2.27. The van der Waals surface area contributed by atoms with Crippen molar-refractivity contribution in [3.63, 3.8) is 0 Å². The van der Waals surface area contributed by atoms with Crippen LogP contribution >= 0.6 is 27.3 Å². The predicted octanol–water partition coefficient (Wildman–Crippen LogP) is 2.48. The lowest BCUT2D eigenvalue weighted by Gasteiger charge is -2.34. The van der Waals surface area contributed by atoms with E-state index < -0.39 is 10.0 Å². The van der Waals surface area contributed by atoms with Crippen LogP contribution in [0.4, 0.5) is 0 Å². The van der Waals surface area contributed by atoms with E-state index in [0.29, 0.717) is 22.6 Å². The van der Waals surface area contributed by atoms with E-state index in [-0.39, 0.29) is 12.2 Å². The monoisotopic (exact) mass is 367 g/mol. The Morgan fingerprint density at radius 3 is 2.79 bits per heavy atom. The molecule has 0 bridgehead atoms. The largest absolute Gasteiger partial charge is 0.372 e. The summed E-state index contributed by atoms with van der Waals surface area (Å²) >= 11 is 4.72. The number of ether oxygens (including phenoxy) is 1. The van der Waals surface area contributed by atoms with E-state index in [1.165, 1.54) is 11.3 Å². The second-order valence-corrected chi connectivity index (χ2v) is 8.60. The molecule has 19 heavy (non-hydrogen) atoms. The van der Waals surface area contributed by atoms with E-state index in [4.69, 9.17) is 4.74 Å². The van der Waals surface area contributed by atoms with Gasteiger partial charge in [-0.05, 0) is 25.5 Å². The number of rotatable bonds is 4. The van der Waals surface area contributed by atoms with Crippen molar-refractivity contribution >= 4 is 37.3 Å². The Hall–Kier alpha value is 0.0500. The van der Waals surface area contributed by atoms with E-state index in [0.717, 1.165) is 11.3 Å². The van der Waals surface area contributed by atoms with Gasteiger partial charge in [0.2, 0.25) is 0 Å². The standard InChI is InChI=1S/C12H18BrNO3S2/c1-3-11-4-5-12(18-11)19(15,16)14-7-9(2)17-10(6-13)8-14/h4-5,9-10H,3,6-8H2,1-2H3. The molecular formula is C12H18BrNO3S2. The van der Waals surface area contributed by atoms with Crippen molar-refractivity contribution < 1.29 is 13.2 Å². The number of aryl methyl sites for hydroxylation is 1. The lowest BCUT2D eigenvalue weighted by Crippen LogP contribution is -2.49. The second kappa shape index (κ2) is 6.22. The molecule has 0 radical (unpaired) electrons. The molecule has 1 aliphatic heterocycles. The van der Waals surface area contributed by atoms with Crippen LogP contribution in [-0.2, 0) is 21.2 Å². The maximum absolute atomic E-state index is 12.6. The van der Waals surface area contributed by atoms with Crippen LogP contribution in [0.15, 0.2) is 16.3 Å². The van der Waals surface area contributed by atoms with Crippen LogP contribution in [0.3, 0.4) is 0 Å². The molecule has 108 valence electrons. The maximum Gasteiger partial charge on any atom is 0.252 e. The third-order valence-electron chi connectivity index (χ3n) is 3.04. The molecular weight excluding hydrogens is 350 g/mol. The van der Waals surface area contributed by atoms with Gasteiger partial charge in [-0.3, -0.25) is 0 Å². The van der Waals surface area contributed by atoms with Crippen LogP contribution in [0.5, 0.6) is 0 Å². The van der Waals surface area contributed by atoms with Crippen LogP contribution in [-0.4, -0.2) is 43.4 Å². The van der Waals surface area contributed by atoms with Crippen molar-refractivity contribution in [3.8, 4) is 0 Å². The smallest absolute Gasteiger partial charge is 0.252 e. The third kappa shape index (κ3) is 3.39. The summed E-state index contributed by atoms with van der Waals surface area (Å²) in [5.41, 5.74) is 0. The minimum atomic E-state index is -3.38. The first-order valence-corrected chi connectivity index (χ1v) is 9.65. The summed E-state index contributed by atoms with van der Waals surface area (Å²) in [6.07, 6.45) is 0.713. The zero-order chi connectivity index (χ0) is 14.0. The van der Waals surface area contributed by atoms with Crippen LogP contribution in [0.25, 0.3) is 0 Å². The highest BCUT2D eigenvalue weighted by Gasteiger charge is 2.34. The molecule has 1 aromatic heterocycles. The van der Waals surface area contributed by atoms with Gasteiger partial charge in [0.05, 0.1) is 12.2 Å². The molecule has 2 unspecified atom stereocenters. The van der Waals surface area contributed by atoms with Gasteiger partial charge < -0.3 is 4.74 Å². The number of thiophene rings is 1. The molecule has 7 heteroatoms. The number of alkyl halides is 1. The lowest BCUT2D eigenvalue weighted by molar-refractivity contribution is -0.0410. The lowest BCUT2D eigenvalue weighted by atomic mass is 10.3. The summed E-state index contributed by atoms with van der Waals surface area (Å²) in [5, 5.41) is 0.647. The molecule has 1 aromatic rings. The number of halogens is 1. The minimum Gasteiger partial charge on any atom is -0.372 e. The molecule has 0 spiro atoms. The Balaban J connectivity index is 2.23. The van der Waals surface area contributed by atoms with E-state index in [1.807, 2.05) is 19.9 Å². The second-order valence-electron chi connectivity index (χ2n) is 4.62. The molecule has 0 amide bonds. The highest BCUT2D eigenvalue weighted by molar-refractivity contribution is 9.09. The molecule has 2 heterocycles. The molecule has 0 aromatic carbocycles. The van der Waals surface area contributed by atoms with Gasteiger partial charge in [-0.2, -0.15) is 4.31 Å². The zero-order valence-corrected chi connectivity index (χ0v) is 14.2. The SMILES string of the molecule is CCc1ccc(S(=O)(=O)N2CC(C)OC(CBr)C2)s1. The van der Waals surface area contributed by atoms with E-state index >= 15 is 0 Å². The fourth-order valence-electron chi connectivity index (χ4n) is 2.10. The van der Waals surface area contributed by atoms with Crippen molar-refractivity contribution in [1.82, 2.24) is 4.31 Å². The Morgan fingerprint density at radius 1 is 1.47 bits per heavy atom. The van der Waals surface area contributed by atoms with Crippen LogP contribution in [0.2, 0.25) is 0 Å². The Labute approximate surface area is 126 Å². The van der Waals surface area contributed by atoms with Gasteiger partial charge in [-0.15, -0.1) is 11.3 Å². The predicted molar refractivity (Wildman–Crippen MR) is 80.6 cm³/mol. The highest BCUT2D eigenvalue weighted by atomic mass is 79.9. The number of sulfonamides is 1. The topological polar surface area (TPSA) is 46.6 Å². The Kier molecular flexibility index (Phi) is 5.05. The maximum atomic E-state index is 12.6. The van der Waals surface area contributed by atoms with Gasteiger partial charge in [0.15, 0.2) is 0 Å². The first-order valence-electron chi connectivity index (χ1n) is 6.27. The summed E-state index contributed by atoms with van der Waals surface area (Å²) in [6, 6.07) is 3.60. The molecule has 4 nitrogen and oxygen atoms in total. The Bertz CT molecular complexity index is 529. The fourth-order valence-corrected chi connectivity index (χ4v) is 5.45. The summed E-state index contributed by atoms with van der Waals surface area (Å²) in [6.45, 7) is 4.77. The molecule has 1 aliphatic rings. The van der Waals surface area contributed by atoms with Gasteiger partial charge >= 0.3 is 0 Å². The van der Waals surface area contributed by atoms with Crippen molar-refractivity contribution in [1.29, 1.82) is 0 Å². The minimum absolute atomic E-state index is 0.0725.